The summed E-state index contributed by atoms with van der Waals surface area (Å²) in [5.74, 6) is -0.0997. The van der Waals surface area contributed by atoms with Crippen molar-refractivity contribution in [2.24, 2.45) is 34.0 Å². The third kappa shape index (κ3) is 3.41. The van der Waals surface area contributed by atoms with Gasteiger partial charge in [0.05, 0.1) is 0 Å². The van der Waals surface area contributed by atoms with Crippen LogP contribution in [0.25, 0.3) is 0 Å². The number of carbonyl (C=O) groups excluding carboxylic acids is 2. The number of Topliss-reactive ketones (excluding diaryl/α,β-unsaturated/α-hetero) is 1. The molecule has 0 saturated heterocycles. The first kappa shape index (κ1) is 23.4. The molecule has 0 unspecified atom stereocenters. The Labute approximate surface area is 189 Å². The van der Waals surface area contributed by atoms with Crippen LogP contribution < -0.4 is 0 Å². The molecule has 6 heteroatoms. The van der Waals surface area contributed by atoms with Crippen LogP contribution in [0.15, 0.2) is 23.8 Å². The van der Waals surface area contributed by atoms with E-state index in [4.69, 9.17) is 5.11 Å². The van der Waals surface area contributed by atoms with Crippen molar-refractivity contribution < 1.29 is 29.7 Å². The Morgan fingerprint density at radius 2 is 1.81 bits per heavy atom. The lowest BCUT2D eigenvalue weighted by atomic mass is 9.45. The molecule has 4 rings (SSSR count). The van der Waals surface area contributed by atoms with Crippen molar-refractivity contribution in [1.29, 1.82) is 0 Å². The molecule has 3 fully saturated rings. The van der Waals surface area contributed by atoms with E-state index in [-0.39, 0.29) is 23.0 Å². The fourth-order valence-electron chi connectivity index (χ4n) is 8.22. The summed E-state index contributed by atoms with van der Waals surface area (Å²) in [6, 6.07) is 0. The summed E-state index contributed by atoms with van der Waals surface area (Å²) < 4.78 is 0. The first-order chi connectivity index (χ1) is 15.0. The summed E-state index contributed by atoms with van der Waals surface area (Å²) in [5, 5.41) is 28.8. The van der Waals surface area contributed by atoms with Gasteiger partial charge in [-0.3, -0.25) is 14.4 Å². The van der Waals surface area contributed by atoms with Crippen molar-refractivity contribution in [3.05, 3.63) is 23.8 Å². The number of aliphatic carboxylic acids is 1. The highest BCUT2D eigenvalue weighted by Gasteiger charge is 2.66. The zero-order valence-electron chi connectivity index (χ0n) is 19.2. The Balaban J connectivity index is 1.63. The van der Waals surface area contributed by atoms with E-state index in [0.717, 1.165) is 32.1 Å². The SMILES string of the molecule is C[C@]12C=CC(=O)C=C1CC[C@@H]1[C@@H]2CC[C@@]2(C)[C@H]1CC[C@]2(CCCCC(=O)O)C(=O)C(O)O. The maximum Gasteiger partial charge on any atom is 0.303 e. The topological polar surface area (TPSA) is 112 Å². The minimum atomic E-state index is -1.99. The van der Waals surface area contributed by atoms with Gasteiger partial charge in [0.25, 0.3) is 0 Å². The number of carboxylic acid groups (broad SMARTS) is 1. The first-order valence-corrected chi connectivity index (χ1v) is 12.1. The largest absolute Gasteiger partial charge is 0.481 e. The van der Waals surface area contributed by atoms with Crippen molar-refractivity contribution >= 4 is 17.5 Å². The van der Waals surface area contributed by atoms with Crippen LogP contribution >= 0.6 is 0 Å². The van der Waals surface area contributed by atoms with Gasteiger partial charge in [0.2, 0.25) is 6.29 Å². The number of carboxylic acids is 1. The number of ketones is 2. The highest BCUT2D eigenvalue weighted by atomic mass is 16.5. The fourth-order valence-corrected chi connectivity index (χ4v) is 8.22. The second kappa shape index (κ2) is 8.21. The van der Waals surface area contributed by atoms with E-state index in [1.54, 1.807) is 6.08 Å². The minimum Gasteiger partial charge on any atom is -0.481 e. The van der Waals surface area contributed by atoms with Gasteiger partial charge in [-0.1, -0.05) is 31.9 Å². The summed E-state index contributed by atoms with van der Waals surface area (Å²) in [7, 11) is 0. The Bertz CT molecular complexity index is 872. The summed E-state index contributed by atoms with van der Waals surface area (Å²) in [5.41, 5.74) is -0.0327. The van der Waals surface area contributed by atoms with Crippen LogP contribution in [-0.2, 0) is 14.4 Å². The van der Waals surface area contributed by atoms with E-state index in [2.05, 4.69) is 19.9 Å². The molecular formula is C26H36O6. The molecule has 32 heavy (non-hydrogen) atoms. The summed E-state index contributed by atoms with van der Waals surface area (Å²) in [4.78, 5) is 36.2. The lowest BCUT2D eigenvalue weighted by Gasteiger charge is -2.59. The molecule has 0 heterocycles. The van der Waals surface area contributed by atoms with Gasteiger partial charge in [-0.2, -0.15) is 0 Å². The molecule has 3 saturated carbocycles. The van der Waals surface area contributed by atoms with Crippen molar-refractivity contribution in [1.82, 2.24) is 0 Å². The molecule has 176 valence electrons. The van der Waals surface area contributed by atoms with E-state index in [0.29, 0.717) is 43.4 Å². The van der Waals surface area contributed by atoms with Crippen molar-refractivity contribution in [2.75, 3.05) is 0 Å². The molecule has 6 nitrogen and oxygen atoms in total. The second-order valence-corrected chi connectivity index (χ2v) is 11.0. The molecule has 0 aromatic heterocycles. The van der Waals surface area contributed by atoms with Crippen LogP contribution in [0.4, 0.5) is 0 Å². The Kier molecular flexibility index (Phi) is 6.00. The van der Waals surface area contributed by atoms with E-state index >= 15 is 0 Å². The van der Waals surface area contributed by atoms with Gasteiger partial charge < -0.3 is 15.3 Å². The maximum absolute atomic E-state index is 13.3. The molecule has 0 spiro atoms. The van der Waals surface area contributed by atoms with Crippen molar-refractivity contribution in [2.45, 2.75) is 84.3 Å². The van der Waals surface area contributed by atoms with E-state index in [1.165, 1.54) is 5.57 Å². The molecule has 6 atom stereocenters. The Hall–Kier alpha value is -1.79. The average molecular weight is 445 g/mol. The molecule has 4 aliphatic carbocycles. The minimum absolute atomic E-state index is 0.0648. The smallest absolute Gasteiger partial charge is 0.303 e. The van der Waals surface area contributed by atoms with Crippen molar-refractivity contribution in [3.8, 4) is 0 Å². The molecule has 0 aromatic rings. The van der Waals surface area contributed by atoms with E-state index in [9.17, 15) is 24.6 Å². The quantitative estimate of drug-likeness (QED) is 0.407. The molecule has 0 aliphatic heterocycles. The zero-order valence-corrected chi connectivity index (χ0v) is 19.2. The Morgan fingerprint density at radius 3 is 2.50 bits per heavy atom. The summed E-state index contributed by atoms with van der Waals surface area (Å²) >= 11 is 0. The highest BCUT2D eigenvalue weighted by molar-refractivity contribution is 6.01. The lowest BCUT2D eigenvalue weighted by molar-refractivity contribution is -0.169. The second-order valence-electron chi connectivity index (χ2n) is 11.0. The summed E-state index contributed by atoms with van der Waals surface area (Å²) in [6.45, 7) is 4.42. The zero-order chi connectivity index (χ0) is 23.3. The van der Waals surface area contributed by atoms with Crippen LogP contribution in [0.3, 0.4) is 0 Å². The predicted octanol–water partition coefficient (Wildman–Crippen LogP) is 3.81. The van der Waals surface area contributed by atoms with Crippen LogP contribution in [-0.4, -0.2) is 39.1 Å². The molecular weight excluding hydrogens is 408 g/mol. The van der Waals surface area contributed by atoms with Gasteiger partial charge in [0.1, 0.15) is 0 Å². The monoisotopic (exact) mass is 444 g/mol. The van der Waals surface area contributed by atoms with Gasteiger partial charge in [0, 0.05) is 17.3 Å². The van der Waals surface area contributed by atoms with Crippen LogP contribution in [0.1, 0.15) is 78.1 Å². The lowest BCUT2D eigenvalue weighted by Crippen LogP contribution is -2.55. The third-order valence-electron chi connectivity index (χ3n) is 9.87. The van der Waals surface area contributed by atoms with Crippen LogP contribution in [0.2, 0.25) is 0 Å². The normalized spacial score (nSPS) is 40.5. The molecule has 0 bridgehead atoms. The van der Waals surface area contributed by atoms with Gasteiger partial charge in [0.15, 0.2) is 11.6 Å². The number of unbranched alkanes of at least 4 members (excludes halogenated alkanes) is 1. The summed E-state index contributed by atoms with van der Waals surface area (Å²) in [6.07, 6.45) is 10.5. The Morgan fingerprint density at radius 1 is 1.09 bits per heavy atom. The van der Waals surface area contributed by atoms with Gasteiger partial charge in [-0.25, -0.2) is 0 Å². The number of carbonyl (C=O) groups is 3. The first-order valence-electron chi connectivity index (χ1n) is 12.1. The molecule has 0 radical (unpaired) electrons. The van der Waals surface area contributed by atoms with E-state index in [1.807, 2.05) is 6.08 Å². The standard InChI is InChI=1S/C26H36O6/c1-24-12-8-17(27)15-16(24)6-7-18-19(24)9-13-25(2)20(18)10-14-26(25,22(30)23(31)32)11-4-3-5-21(28)29/h8,12,15,18-20,23,31-32H,3-7,9-11,13-14H2,1-2H3,(H,28,29)/t18-,19+,20+,24+,25+,26-/m1/s1. The van der Waals surface area contributed by atoms with Gasteiger partial charge >= 0.3 is 5.97 Å². The molecule has 0 aromatic carbocycles. The maximum atomic E-state index is 13.3. The predicted molar refractivity (Wildman–Crippen MR) is 118 cm³/mol. The number of hydrogen-bond acceptors (Lipinski definition) is 5. The number of hydrogen-bond donors (Lipinski definition) is 3. The fraction of sp³-hybridized carbons (Fsp3) is 0.731. The van der Waals surface area contributed by atoms with Crippen LogP contribution in [0.5, 0.6) is 0 Å². The molecule has 0 amide bonds. The number of fused-ring (bicyclic) bond motifs is 5. The molecule has 4 aliphatic rings. The van der Waals surface area contributed by atoms with Gasteiger partial charge in [-0.05, 0) is 86.7 Å². The van der Waals surface area contributed by atoms with Crippen LogP contribution in [0, 0.1) is 34.0 Å². The highest BCUT2D eigenvalue weighted by Crippen LogP contribution is 2.70. The third-order valence-corrected chi connectivity index (χ3v) is 9.87. The number of aliphatic hydroxyl groups is 2. The number of rotatable bonds is 7. The molecule has 3 N–H and O–H groups in total. The van der Waals surface area contributed by atoms with Gasteiger partial charge in [-0.15, -0.1) is 0 Å². The number of aliphatic hydroxyl groups excluding tert-OH is 1. The average Bonchev–Trinajstić information content (AvgIpc) is 3.04. The van der Waals surface area contributed by atoms with Crippen molar-refractivity contribution in [3.63, 3.8) is 0 Å². The number of allylic oxidation sites excluding steroid dienone is 4. The van der Waals surface area contributed by atoms with E-state index < -0.39 is 23.5 Å².